The van der Waals surface area contributed by atoms with E-state index in [1.807, 2.05) is 6.07 Å². The van der Waals surface area contributed by atoms with Crippen molar-refractivity contribution in [1.29, 1.82) is 0 Å². The van der Waals surface area contributed by atoms with Crippen molar-refractivity contribution in [2.24, 2.45) is 0 Å². The van der Waals surface area contributed by atoms with Crippen LogP contribution in [0.15, 0.2) is 36.5 Å². The van der Waals surface area contributed by atoms with Gasteiger partial charge >= 0.3 is 0 Å². The lowest BCUT2D eigenvalue weighted by molar-refractivity contribution is 0.866. The van der Waals surface area contributed by atoms with E-state index in [0.717, 1.165) is 37.6 Å². The van der Waals surface area contributed by atoms with Crippen LogP contribution in [0.25, 0.3) is 0 Å². The van der Waals surface area contributed by atoms with E-state index in [1.165, 1.54) is 5.69 Å². The van der Waals surface area contributed by atoms with E-state index in [0.29, 0.717) is 5.95 Å². The predicted molar refractivity (Wildman–Crippen MR) is 94.1 cm³/mol. The Morgan fingerprint density at radius 2 is 1.73 bits per heavy atom. The minimum absolute atomic E-state index is 0.659. The number of hydrogen-bond donors (Lipinski definition) is 2. The fourth-order valence-corrected chi connectivity index (χ4v) is 2.24. The van der Waals surface area contributed by atoms with Gasteiger partial charge in [0.25, 0.3) is 0 Å². The van der Waals surface area contributed by atoms with Gasteiger partial charge in [0.15, 0.2) is 0 Å². The van der Waals surface area contributed by atoms with Crippen LogP contribution in [-0.2, 0) is 0 Å². The molecule has 22 heavy (non-hydrogen) atoms. The topological polar surface area (TPSA) is 53.1 Å². The van der Waals surface area contributed by atoms with Gasteiger partial charge in [-0.15, -0.1) is 0 Å². The van der Waals surface area contributed by atoms with Crippen LogP contribution in [-0.4, -0.2) is 29.6 Å². The van der Waals surface area contributed by atoms with Gasteiger partial charge in [-0.1, -0.05) is 6.92 Å². The number of nitrogens with one attached hydrogen (secondary N) is 2. The summed E-state index contributed by atoms with van der Waals surface area (Å²) in [6, 6.07) is 10.3. The van der Waals surface area contributed by atoms with Crippen molar-refractivity contribution >= 4 is 23.1 Å². The second kappa shape index (κ2) is 8.22. The Morgan fingerprint density at radius 3 is 2.36 bits per heavy atom. The predicted octanol–water partition coefficient (Wildman–Crippen LogP) is 3.89. The zero-order valence-corrected chi connectivity index (χ0v) is 13.6. The summed E-state index contributed by atoms with van der Waals surface area (Å²) >= 11 is 0. The second-order valence-corrected chi connectivity index (χ2v) is 5.04. The molecule has 0 saturated heterocycles. The van der Waals surface area contributed by atoms with Crippen molar-refractivity contribution in [2.45, 2.75) is 27.2 Å². The van der Waals surface area contributed by atoms with Gasteiger partial charge in [-0.05, 0) is 50.6 Å². The smallest absolute Gasteiger partial charge is 0.224 e. The standard InChI is InChI=1S/C17H25N5/c1-4-12-18-17-19-13-11-16(21-17)20-14-7-9-15(10-8-14)22(5-2)6-3/h7-11,13H,4-6,12H2,1-3H3,(H2,18,19,20,21). The molecule has 5 heteroatoms. The molecule has 0 spiro atoms. The molecule has 0 atom stereocenters. The van der Waals surface area contributed by atoms with Crippen LogP contribution >= 0.6 is 0 Å². The summed E-state index contributed by atoms with van der Waals surface area (Å²) in [5, 5.41) is 6.50. The van der Waals surface area contributed by atoms with Crippen LogP contribution < -0.4 is 15.5 Å². The lowest BCUT2D eigenvalue weighted by Gasteiger charge is -2.21. The van der Waals surface area contributed by atoms with Crippen molar-refractivity contribution < 1.29 is 0 Å². The molecule has 1 aromatic heterocycles. The third kappa shape index (κ3) is 4.35. The van der Waals surface area contributed by atoms with Crippen LogP contribution in [0.2, 0.25) is 0 Å². The first-order valence-electron chi connectivity index (χ1n) is 7.95. The summed E-state index contributed by atoms with van der Waals surface area (Å²) in [4.78, 5) is 11.0. The molecule has 5 nitrogen and oxygen atoms in total. The van der Waals surface area contributed by atoms with Gasteiger partial charge in [0, 0.05) is 37.2 Å². The summed E-state index contributed by atoms with van der Waals surface area (Å²) in [5.74, 6) is 1.45. The maximum absolute atomic E-state index is 4.45. The Kier molecular flexibility index (Phi) is 6.01. The van der Waals surface area contributed by atoms with E-state index in [4.69, 9.17) is 0 Å². The highest BCUT2D eigenvalue weighted by Gasteiger charge is 2.03. The average molecular weight is 299 g/mol. The maximum Gasteiger partial charge on any atom is 0.224 e. The van der Waals surface area contributed by atoms with Crippen molar-refractivity contribution in [1.82, 2.24) is 9.97 Å². The van der Waals surface area contributed by atoms with E-state index in [-0.39, 0.29) is 0 Å². The first kappa shape index (κ1) is 16.1. The van der Waals surface area contributed by atoms with Gasteiger partial charge in [0.1, 0.15) is 5.82 Å². The quantitative estimate of drug-likeness (QED) is 0.774. The molecule has 0 amide bonds. The Bertz CT molecular complexity index is 564. The molecule has 2 aromatic rings. The zero-order chi connectivity index (χ0) is 15.8. The third-order valence-corrected chi connectivity index (χ3v) is 3.46. The lowest BCUT2D eigenvalue weighted by Crippen LogP contribution is -2.21. The molecule has 0 aliphatic carbocycles. The fourth-order valence-electron chi connectivity index (χ4n) is 2.24. The molecule has 1 aromatic carbocycles. The third-order valence-electron chi connectivity index (χ3n) is 3.46. The van der Waals surface area contributed by atoms with Crippen LogP contribution in [0.1, 0.15) is 27.2 Å². The molecule has 0 saturated carbocycles. The number of rotatable bonds is 8. The number of hydrogen-bond acceptors (Lipinski definition) is 5. The molecule has 1 heterocycles. The average Bonchev–Trinajstić information content (AvgIpc) is 2.56. The molecule has 0 unspecified atom stereocenters. The lowest BCUT2D eigenvalue weighted by atomic mass is 10.2. The van der Waals surface area contributed by atoms with Crippen molar-refractivity contribution in [3.63, 3.8) is 0 Å². The number of benzene rings is 1. The molecule has 0 bridgehead atoms. The SMILES string of the molecule is CCCNc1nccc(Nc2ccc(N(CC)CC)cc2)n1. The van der Waals surface area contributed by atoms with Gasteiger partial charge < -0.3 is 15.5 Å². The molecule has 0 aliphatic rings. The van der Waals surface area contributed by atoms with Crippen molar-refractivity contribution in [3.05, 3.63) is 36.5 Å². The van der Waals surface area contributed by atoms with Gasteiger partial charge in [0.2, 0.25) is 5.95 Å². The first-order valence-corrected chi connectivity index (χ1v) is 7.95. The van der Waals surface area contributed by atoms with Gasteiger partial charge in [-0.25, -0.2) is 4.98 Å². The van der Waals surface area contributed by atoms with E-state index in [9.17, 15) is 0 Å². The molecular weight excluding hydrogens is 274 g/mol. The highest BCUT2D eigenvalue weighted by molar-refractivity contribution is 5.61. The number of nitrogens with zero attached hydrogens (tertiary/aromatic N) is 3. The highest BCUT2D eigenvalue weighted by Crippen LogP contribution is 2.20. The summed E-state index contributed by atoms with van der Waals surface area (Å²) in [7, 11) is 0. The fraction of sp³-hybridized carbons (Fsp3) is 0.412. The zero-order valence-electron chi connectivity index (χ0n) is 13.6. The largest absolute Gasteiger partial charge is 0.372 e. The van der Waals surface area contributed by atoms with E-state index in [2.05, 4.69) is 70.5 Å². The number of anilines is 4. The molecule has 0 radical (unpaired) electrons. The Hall–Kier alpha value is -2.30. The Balaban J connectivity index is 2.04. The van der Waals surface area contributed by atoms with Gasteiger partial charge in [-0.2, -0.15) is 4.98 Å². The van der Waals surface area contributed by atoms with Crippen molar-refractivity contribution in [2.75, 3.05) is 35.2 Å². The van der Waals surface area contributed by atoms with Gasteiger partial charge in [0.05, 0.1) is 0 Å². The highest BCUT2D eigenvalue weighted by atomic mass is 15.1. The minimum Gasteiger partial charge on any atom is -0.372 e. The van der Waals surface area contributed by atoms with Crippen molar-refractivity contribution in [3.8, 4) is 0 Å². The molecule has 118 valence electrons. The molecule has 0 aliphatic heterocycles. The molecule has 2 N–H and O–H groups in total. The van der Waals surface area contributed by atoms with E-state index in [1.54, 1.807) is 6.20 Å². The molecule has 0 fully saturated rings. The summed E-state index contributed by atoms with van der Waals surface area (Å²) in [6.45, 7) is 9.36. The second-order valence-electron chi connectivity index (χ2n) is 5.04. The van der Waals surface area contributed by atoms with Gasteiger partial charge in [-0.3, -0.25) is 0 Å². The maximum atomic E-state index is 4.45. The van der Waals surface area contributed by atoms with Crippen LogP contribution in [0.4, 0.5) is 23.1 Å². The Morgan fingerprint density at radius 1 is 1.00 bits per heavy atom. The molecular formula is C17H25N5. The summed E-state index contributed by atoms with van der Waals surface area (Å²) in [5.41, 5.74) is 2.26. The molecule has 2 rings (SSSR count). The van der Waals surface area contributed by atoms with Crippen LogP contribution in [0, 0.1) is 0 Å². The van der Waals surface area contributed by atoms with Crippen LogP contribution in [0.3, 0.4) is 0 Å². The van der Waals surface area contributed by atoms with E-state index >= 15 is 0 Å². The monoisotopic (exact) mass is 299 g/mol. The Labute approximate surface area is 132 Å². The van der Waals surface area contributed by atoms with E-state index < -0.39 is 0 Å². The number of aromatic nitrogens is 2. The summed E-state index contributed by atoms with van der Waals surface area (Å²) in [6.07, 6.45) is 2.81. The first-order chi connectivity index (χ1) is 10.8. The van der Waals surface area contributed by atoms with Crippen LogP contribution in [0.5, 0.6) is 0 Å². The summed E-state index contributed by atoms with van der Waals surface area (Å²) < 4.78 is 0. The minimum atomic E-state index is 0.659. The normalized spacial score (nSPS) is 10.3.